The van der Waals surface area contributed by atoms with Crippen LogP contribution in [0.15, 0.2) is 5.16 Å². The lowest BCUT2D eigenvalue weighted by Gasteiger charge is -2.25. The topological polar surface area (TPSA) is 30.8 Å². The van der Waals surface area contributed by atoms with Crippen LogP contribution in [-0.2, 0) is 9.57 Å². The first-order chi connectivity index (χ1) is 8.24. The molecule has 0 N–H and O–H groups in total. The SMILES string of the molecule is C/C(=N\OCCC(C)(C)OCCC(C)C)C(C)C. The maximum Gasteiger partial charge on any atom is 0.119 e. The average molecular weight is 257 g/mol. The molecular weight excluding hydrogens is 226 g/mol. The molecule has 18 heavy (non-hydrogen) atoms. The average Bonchev–Trinajstić information content (AvgIpc) is 2.23. The van der Waals surface area contributed by atoms with Gasteiger partial charge in [-0.05, 0) is 39.0 Å². The second kappa shape index (κ2) is 8.52. The minimum atomic E-state index is -0.129. The number of rotatable bonds is 9. The molecule has 108 valence electrons. The molecule has 0 spiro atoms. The van der Waals surface area contributed by atoms with Crippen LogP contribution in [0, 0.1) is 11.8 Å². The zero-order chi connectivity index (χ0) is 14.2. The Hall–Kier alpha value is -0.570. The van der Waals surface area contributed by atoms with Crippen LogP contribution in [0.1, 0.15) is 61.3 Å². The van der Waals surface area contributed by atoms with Gasteiger partial charge in [0.15, 0.2) is 0 Å². The maximum atomic E-state index is 5.87. The van der Waals surface area contributed by atoms with Gasteiger partial charge in [0.05, 0.1) is 11.3 Å². The van der Waals surface area contributed by atoms with Crippen molar-refractivity contribution in [3.63, 3.8) is 0 Å². The summed E-state index contributed by atoms with van der Waals surface area (Å²) in [5.74, 6) is 1.13. The highest BCUT2D eigenvalue weighted by Gasteiger charge is 2.18. The summed E-state index contributed by atoms with van der Waals surface area (Å²) in [6, 6.07) is 0. The summed E-state index contributed by atoms with van der Waals surface area (Å²) in [6.07, 6.45) is 1.97. The molecule has 0 radical (unpaired) electrons. The second-order valence-electron chi connectivity index (χ2n) is 6.26. The fraction of sp³-hybridized carbons (Fsp3) is 0.933. The lowest BCUT2D eigenvalue weighted by molar-refractivity contribution is -0.0439. The quantitative estimate of drug-likeness (QED) is 0.351. The van der Waals surface area contributed by atoms with Crippen LogP contribution in [0.3, 0.4) is 0 Å². The predicted molar refractivity (Wildman–Crippen MR) is 78.0 cm³/mol. The third-order valence-corrected chi connectivity index (χ3v) is 3.03. The van der Waals surface area contributed by atoms with Gasteiger partial charge in [0.1, 0.15) is 6.61 Å². The van der Waals surface area contributed by atoms with E-state index < -0.39 is 0 Å². The molecule has 0 atom stereocenters. The fourth-order valence-corrected chi connectivity index (χ4v) is 1.19. The molecule has 3 nitrogen and oxygen atoms in total. The van der Waals surface area contributed by atoms with Crippen LogP contribution in [0.5, 0.6) is 0 Å². The van der Waals surface area contributed by atoms with Gasteiger partial charge in [-0.25, -0.2) is 0 Å². The van der Waals surface area contributed by atoms with Gasteiger partial charge in [-0.2, -0.15) is 0 Å². The van der Waals surface area contributed by atoms with Crippen molar-refractivity contribution in [2.45, 2.75) is 66.9 Å². The van der Waals surface area contributed by atoms with E-state index in [4.69, 9.17) is 9.57 Å². The van der Waals surface area contributed by atoms with E-state index in [1.807, 2.05) is 6.92 Å². The maximum absolute atomic E-state index is 5.87. The Bertz CT molecular complexity index is 245. The van der Waals surface area contributed by atoms with E-state index in [1.165, 1.54) is 0 Å². The zero-order valence-corrected chi connectivity index (χ0v) is 13.2. The molecule has 0 aromatic heterocycles. The molecule has 0 aliphatic carbocycles. The highest BCUT2D eigenvalue weighted by atomic mass is 16.6. The van der Waals surface area contributed by atoms with Crippen LogP contribution < -0.4 is 0 Å². The van der Waals surface area contributed by atoms with E-state index in [9.17, 15) is 0 Å². The van der Waals surface area contributed by atoms with Crippen molar-refractivity contribution in [1.82, 2.24) is 0 Å². The van der Waals surface area contributed by atoms with Crippen molar-refractivity contribution in [1.29, 1.82) is 0 Å². The molecule has 0 bridgehead atoms. The molecule has 0 aliphatic heterocycles. The van der Waals surface area contributed by atoms with Gasteiger partial charge in [-0.15, -0.1) is 0 Å². The summed E-state index contributed by atoms with van der Waals surface area (Å²) >= 11 is 0. The van der Waals surface area contributed by atoms with Gasteiger partial charge in [0, 0.05) is 13.0 Å². The van der Waals surface area contributed by atoms with Gasteiger partial charge in [0.2, 0.25) is 0 Å². The number of hydrogen-bond acceptors (Lipinski definition) is 3. The monoisotopic (exact) mass is 257 g/mol. The minimum Gasteiger partial charge on any atom is -0.396 e. The highest BCUT2D eigenvalue weighted by Crippen LogP contribution is 2.16. The molecule has 0 aromatic carbocycles. The molecule has 0 unspecified atom stereocenters. The van der Waals surface area contributed by atoms with Crippen molar-refractivity contribution < 1.29 is 9.57 Å². The van der Waals surface area contributed by atoms with Gasteiger partial charge in [-0.1, -0.05) is 32.9 Å². The van der Waals surface area contributed by atoms with E-state index in [-0.39, 0.29) is 5.60 Å². The Labute approximate surface area is 113 Å². The summed E-state index contributed by atoms with van der Waals surface area (Å²) in [7, 11) is 0. The fourth-order valence-electron chi connectivity index (χ4n) is 1.19. The van der Waals surface area contributed by atoms with Crippen molar-refractivity contribution in [2.75, 3.05) is 13.2 Å². The lowest BCUT2D eigenvalue weighted by atomic mass is 10.1. The van der Waals surface area contributed by atoms with Crippen LogP contribution in [0.25, 0.3) is 0 Å². The zero-order valence-electron chi connectivity index (χ0n) is 13.2. The molecule has 0 saturated heterocycles. The Kier molecular flexibility index (Phi) is 8.25. The molecular formula is C15H31NO2. The molecule has 0 fully saturated rings. The molecule has 0 saturated carbocycles. The van der Waals surface area contributed by atoms with Crippen LogP contribution >= 0.6 is 0 Å². The van der Waals surface area contributed by atoms with E-state index >= 15 is 0 Å². The van der Waals surface area contributed by atoms with Crippen LogP contribution in [0.4, 0.5) is 0 Å². The highest BCUT2D eigenvalue weighted by molar-refractivity contribution is 5.83. The van der Waals surface area contributed by atoms with Crippen molar-refractivity contribution in [2.24, 2.45) is 17.0 Å². The largest absolute Gasteiger partial charge is 0.396 e. The first-order valence-electron chi connectivity index (χ1n) is 7.05. The van der Waals surface area contributed by atoms with Gasteiger partial charge in [-0.3, -0.25) is 0 Å². The summed E-state index contributed by atoms with van der Waals surface area (Å²) in [5, 5.41) is 4.10. The van der Waals surface area contributed by atoms with E-state index in [1.54, 1.807) is 0 Å². The van der Waals surface area contributed by atoms with Crippen molar-refractivity contribution >= 4 is 5.71 Å². The first-order valence-corrected chi connectivity index (χ1v) is 7.05. The molecule has 0 amide bonds. The second-order valence-corrected chi connectivity index (χ2v) is 6.26. The van der Waals surface area contributed by atoms with Gasteiger partial charge in [0.25, 0.3) is 0 Å². The molecule has 3 heteroatoms. The first kappa shape index (κ1) is 17.4. The smallest absolute Gasteiger partial charge is 0.119 e. The number of ether oxygens (including phenoxy) is 1. The Morgan fingerprint density at radius 2 is 1.72 bits per heavy atom. The van der Waals surface area contributed by atoms with Crippen LogP contribution in [-0.4, -0.2) is 24.5 Å². The molecule has 0 heterocycles. The Balaban J connectivity index is 3.79. The standard InChI is InChI=1S/C15H31NO2/c1-12(2)8-10-17-15(6,7)9-11-18-16-14(5)13(3)4/h12-13H,8-11H2,1-7H3/b16-14+. The van der Waals surface area contributed by atoms with E-state index in [0.717, 1.165) is 25.2 Å². The van der Waals surface area contributed by atoms with Gasteiger partial charge >= 0.3 is 0 Å². The third-order valence-electron chi connectivity index (χ3n) is 3.03. The summed E-state index contributed by atoms with van der Waals surface area (Å²) in [5.41, 5.74) is 0.907. The number of hydrogen-bond donors (Lipinski definition) is 0. The number of nitrogens with zero attached hydrogens (tertiary/aromatic N) is 1. The Morgan fingerprint density at radius 1 is 1.11 bits per heavy atom. The molecule has 0 aliphatic rings. The van der Waals surface area contributed by atoms with Crippen LogP contribution in [0.2, 0.25) is 0 Å². The number of oxime groups is 1. The van der Waals surface area contributed by atoms with Gasteiger partial charge < -0.3 is 9.57 Å². The van der Waals surface area contributed by atoms with Crippen molar-refractivity contribution in [3.8, 4) is 0 Å². The normalized spacial score (nSPS) is 13.5. The predicted octanol–water partition coefficient (Wildman–Crippen LogP) is 4.27. The lowest BCUT2D eigenvalue weighted by Crippen LogP contribution is -2.27. The summed E-state index contributed by atoms with van der Waals surface area (Å²) < 4.78 is 5.87. The molecule has 0 aromatic rings. The van der Waals surface area contributed by atoms with Crippen molar-refractivity contribution in [3.05, 3.63) is 0 Å². The third kappa shape index (κ3) is 9.46. The Morgan fingerprint density at radius 3 is 2.22 bits per heavy atom. The summed E-state index contributed by atoms with van der Waals surface area (Å²) in [4.78, 5) is 5.33. The molecule has 0 rings (SSSR count). The van der Waals surface area contributed by atoms with E-state index in [0.29, 0.717) is 18.4 Å². The van der Waals surface area contributed by atoms with E-state index in [2.05, 4.69) is 46.7 Å². The summed E-state index contributed by atoms with van der Waals surface area (Å²) in [6.45, 7) is 16.3. The minimum absolute atomic E-state index is 0.129.